The Labute approximate surface area is 174 Å². The molecule has 0 unspecified atom stereocenters. The lowest BCUT2D eigenvalue weighted by molar-refractivity contribution is -0.135. The fourth-order valence-corrected chi connectivity index (χ4v) is 3.52. The van der Waals surface area contributed by atoms with E-state index in [1.54, 1.807) is 0 Å². The van der Waals surface area contributed by atoms with Crippen molar-refractivity contribution >= 4 is 12.0 Å². The van der Waals surface area contributed by atoms with Gasteiger partial charge in [0.2, 0.25) is 0 Å². The monoisotopic (exact) mass is 392 g/mol. The van der Waals surface area contributed by atoms with Gasteiger partial charge in [-0.3, -0.25) is 9.69 Å². The summed E-state index contributed by atoms with van der Waals surface area (Å²) in [5.41, 5.74) is 2.33. The first-order valence-electron chi connectivity index (χ1n) is 10.4. The molecule has 1 saturated heterocycles. The van der Waals surface area contributed by atoms with Gasteiger partial charge in [-0.15, -0.1) is 0 Å². The summed E-state index contributed by atoms with van der Waals surface area (Å²) in [6, 6.07) is 18.3. The topological polar surface area (TPSA) is 32.8 Å². The molecule has 0 spiro atoms. The molecule has 0 radical (unpaired) electrons. The minimum atomic E-state index is -0.0153. The first kappa shape index (κ1) is 21.1. The van der Waals surface area contributed by atoms with Gasteiger partial charge in [0.25, 0.3) is 5.91 Å². The van der Waals surface area contributed by atoms with Crippen LogP contribution in [0.5, 0.6) is 5.75 Å². The Hall–Kier alpha value is -2.59. The van der Waals surface area contributed by atoms with Crippen molar-refractivity contribution in [3.8, 4) is 5.75 Å². The van der Waals surface area contributed by atoms with E-state index in [-0.39, 0.29) is 17.9 Å². The first-order chi connectivity index (χ1) is 13.9. The van der Waals surface area contributed by atoms with E-state index in [1.165, 1.54) is 5.56 Å². The minimum Gasteiger partial charge on any atom is -0.483 e. The van der Waals surface area contributed by atoms with Crippen molar-refractivity contribution in [2.75, 3.05) is 39.3 Å². The second kappa shape index (κ2) is 9.75. The molecule has 1 aliphatic heterocycles. The molecule has 0 bridgehead atoms. The highest BCUT2D eigenvalue weighted by atomic mass is 16.5. The zero-order valence-electron chi connectivity index (χ0n) is 17.8. The highest BCUT2D eigenvalue weighted by Crippen LogP contribution is 2.30. The molecule has 0 atom stereocenters. The third kappa shape index (κ3) is 6.20. The van der Waals surface area contributed by atoms with Crippen LogP contribution in [0.15, 0.2) is 60.7 Å². The Bertz CT molecular complexity index is 816. The molecule has 4 nitrogen and oxygen atoms in total. The van der Waals surface area contributed by atoms with Gasteiger partial charge in [-0.05, 0) is 22.6 Å². The predicted molar refractivity (Wildman–Crippen MR) is 119 cm³/mol. The fourth-order valence-electron chi connectivity index (χ4n) is 3.52. The lowest BCUT2D eigenvalue weighted by Crippen LogP contribution is -2.49. The number of carbonyl (C=O) groups excluding carboxylic acids is 1. The van der Waals surface area contributed by atoms with E-state index in [0.717, 1.165) is 44.0 Å². The highest BCUT2D eigenvalue weighted by Gasteiger charge is 2.22. The van der Waals surface area contributed by atoms with Crippen molar-refractivity contribution in [1.82, 2.24) is 9.80 Å². The molecule has 3 rings (SSSR count). The van der Waals surface area contributed by atoms with E-state index in [2.05, 4.69) is 56.0 Å². The predicted octanol–water partition coefficient (Wildman–Crippen LogP) is 4.22. The highest BCUT2D eigenvalue weighted by molar-refractivity contribution is 5.78. The number of piperazine rings is 1. The summed E-state index contributed by atoms with van der Waals surface area (Å²) in [6.07, 6.45) is 4.34. The van der Waals surface area contributed by atoms with Crippen LogP contribution in [0.3, 0.4) is 0 Å². The van der Waals surface area contributed by atoms with Gasteiger partial charge in [-0.1, -0.05) is 81.5 Å². The molecule has 1 amide bonds. The van der Waals surface area contributed by atoms with E-state index < -0.39 is 0 Å². The summed E-state index contributed by atoms with van der Waals surface area (Å²) < 4.78 is 5.90. The van der Waals surface area contributed by atoms with Crippen LogP contribution in [0.2, 0.25) is 0 Å². The molecule has 1 heterocycles. The van der Waals surface area contributed by atoms with Crippen LogP contribution in [0, 0.1) is 0 Å². The van der Waals surface area contributed by atoms with Gasteiger partial charge >= 0.3 is 0 Å². The number of amides is 1. The molecular weight excluding hydrogens is 360 g/mol. The van der Waals surface area contributed by atoms with E-state index in [1.807, 2.05) is 41.3 Å². The number of hydrogen-bond donors (Lipinski definition) is 0. The second-order valence-corrected chi connectivity index (χ2v) is 8.53. The first-order valence-corrected chi connectivity index (χ1v) is 10.4. The molecule has 1 aliphatic rings. The second-order valence-electron chi connectivity index (χ2n) is 8.53. The smallest absolute Gasteiger partial charge is 0.260 e. The molecular formula is C25H32N2O2. The number of carbonyl (C=O) groups is 1. The molecule has 1 fully saturated rings. The van der Waals surface area contributed by atoms with Crippen molar-refractivity contribution < 1.29 is 9.53 Å². The maximum Gasteiger partial charge on any atom is 0.260 e. The molecule has 4 heteroatoms. The SMILES string of the molecule is CC(C)(C)c1ccccc1OCC(=O)N1CCN(C/C=C/c2ccccc2)CC1. The molecule has 2 aromatic carbocycles. The zero-order chi connectivity index (χ0) is 20.7. The van der Waals surface area contributed by atoms with Gasteiger partial charge in [0, 0.05) is 32.7 Å². The van der Waals surface area contributed by atoms with Gasteiger partial charge in [0.15, 0.2) is 6.61 Å². The van der Waals surface area contributed by atoms with Crippen LogP contribution < -0.4 is 4.74 Å². The number of para-hydroxylation sites is 1. The number of hydrogen-bond acceptors (Lipinski definition) is 3. The van der Waals surface area contributed by atoms with Gasteiger partial charge < -0.3 is 9.64 Å². The van der Waals surface area contributed by atoms with E-state index in [0.29, 0.717) is 0 Å². The van der Waals surface area contributed by atoms with E-state index >= 15 is 0 Å². The Morgan fingerprint density at radius 2 is 1.62 bits per heavy atom. The van der Waals surface area contributed by atoms with Crippen LogP contribution in [0.1, 0.15) is 31.9 Å². The molecule has 2 aromatic rings. The Morgan fingerprint density at radius 1 is 0.966 bits per heavy atom. The van der Waals surface area contributed by atoms with Gasteiger partial charge in [-0.25, -0.2) is 0 Å². The van der Waals surface area contributed by atoms with E-state index in [4.69, 9.17) is 4.74 Å². The van der Waals surface area contributed by atoms with Crippen LogP contribution in [-0.4, -0.2) is 55.0 Å². The summed E-state index contributed by atoms with van der Waals surface area (Å²) in [6.45, 7) is 10.8. The Morgan fingerprint density at radius 3 is 2.31 bits per heavy atom. The zero-order valence-corrected chi connectivity index (χ0v) is 17.8. The molecule has 0 aliphatic carbocycles. The molecule has 154 valence electrons. The number of nitrogens with zero attached hydrogens (tertiary/aromatic N) is 2. The normalized spacial score (nSPS) is 15.6. The lowest BCUT2D eigenvalue weighted by atomic mass is 9.86. The maximum atomic E-state index is 12.6. The minimum absolute atomic E-state index is 0.0153. The van der Waals surface area contributed by atoms with Crippen LogP contribution in [0.25, 0.3) is 6.08 Å². The van der Waals surface area contributed by atoms with Crippen LogP contribution in [-0.2, 0) is 10.2 Å². The van der Waals surface area contributed by atoms with Crippen molar-refractivity contribution in [3.05, 3.63) is 71.8 Å². The van der Waals surface area contributed by atoms with E-state index in [9.17, 15) is 4.79 Å². The third-order valence-corrected chi connectivity index (χ3v) is 5.24. The quantitative estimate of drug-likeness (QED) is 0.738. The summed E-state index contributed by atoms with van der Waals surface area (Å²) in [5, 5.41) is 0. The third-order valence-electron chi connectivity index (χ3n) is 5.24. The van der Waals surface area contributed by atoms with Crippen molar-refractivity contribution in [2.24, 2.45) is 0 Å². The Balaban J connectivity index is 1.44. The van der Waals surface area contributed by atoms with Gasteiger partial charge in [0.05, 0.1) is 0 Å². The molecule has 0 aromatic heterocycles. The summed E-state index contributed by atoms with van der Waals surface area (Å²) in [5.74, 6) is 0.867. The maximum absolute atomic E-state index is 12.6. The summed E-state index contributed by atoms with van der Waals surface area (Å²) >= 11 is 0. The van der Waals surface area contributed by atoms with Crippen molar-refractivity contribution in [1.29, 1.82) is 0 Å². The average molecular weight is 393 g/mol. The van der Waals surface area contributed by atoms with Crippen molar-refractivity contribution in [3.63, 3.8) is 0 Å². The molecule has 29 heavy (non-hydrogen) atoms. The van der Waals surface area contributed by atoms with Crippen LogP contribution >= 0.6 is 0 Å². The fraction of sp³-hybridized carbons (Fsp3) is 0.400. The number of benzene rings is 2. The number of rotatable bonds is 6. The van der Waals surface area contributed by atoms with Crippen molar-refractivity contribution in [2.45, 2.75) is 26.2 Å². The molecule has 0 saturated carbocycles. The van der Waals surface area contributed by atoms with Crippen LogP contribution in [0.4, 0.5) is 0 Å². The largest absolute Gasteiger partial charge is 0.483 e. The van der Waals surface area contributed by atoms with Gasteiger partial charge in [0.1, 0.15) is 5.75 Å². The average Bonchev–Trinajstić information content (AvgIpc) is 2.73. The lowest BCUT2D eigenvalue weighted by Gasteiger charge is -2.34. The summed E-state index contributed by atoms with van der Waals surface area (Å²) in [4.78, 5) is 16.9. The van der Waals surface area contributed by atoms with Gasteiger partial charge in [-0.2, -0.15) is 0 Å². The standard InChI is InChI=1S/C25H32N2O2/c1-25(2,3)22-13-7-8-14-23(22)29-20-24(28)27-18-16-26(17-19-27)15-9-12-21-10-5-4-6-11-21/h4-14H,15-20H2,1-3H3/b12-9+. The Kier molecular flexibility index (Phi) is 7.10. The number of ether oxygens (including phenoxy) is 1. The molecule has 0 N–H and O–H groups in total. The summed E-state index contributed by atoms with van der Waals surface area (Å²) in [7, 11) is 0.